The normalized spacial score (nSPS) is 11.2. The van der Waals surface area contributed by atoms with Gasteiger partial charge in [0.2, 0.25) is 5.91 Å². The van der Waals surface area contributed by atoms with Crippen LogP contribution in [-0.4, -0.2) is 10.9 Å². The summed E-state index contributed by atoms with van der Waals surface area (Å²) >= 11 is 13.4. The van der Waals surface area contributed by atoms with Gasteiger partial charge in [-0.2, -0.15) is 0 Å². The highest BCUT2D eigenvalue weighted by Gasteiger charge is 2.07. The molecule has 0 unspecified atom stereocenters. The number of nitrogens with two attached hydrogens (primary N) is 1. The van der Waals surface area contributed by atoms with E-state index in [1.165, 1.54) is 17.4 Å². The Labute approximate surface area is 146 Å². The largest absolute Gasteiger partial charge is 0.396 e. The molecule has 0 aliphatic rings. The van der Waals surface area contributed by atoms with Crippen LogP contribution in [0.1, 0.15) is 5.01 Å². The second-order valence-corrected chi connectivity index (χ2v) is 6.57. The summed E-state index contributed by atoms with van der Waals surface area (Å²) in [7, 11) is 0. The number of anilines is 2. The number of rotatable bonds is 3. The van der Waals surface area contributed by atoms with Gasteiger partial charge in [-0.1, -0.05) is 35.3 Å². The number of nitrogens with one attached hydrogen (secondary N) is 1. The standard InChI is InChI=1S/C16H11Cl2N3OS/c17-10-7-9(8-11(18)16(10)19)20-14(22)5-6-15-21-12-3-1-2-4-13(12)23-15/h1-8H,19H2,(H,20,22)/b6-5+. The first-order valence-electron chi connectivity index (χ1n) is 6.62. The van der Waals surface area contributed by atoms with Crippen molar-refractivity contribution in [2.24, 2.45) is 0 Å². The lowest BCUT2D eigenvalue weighted by molar-refractivity contribution is -0.111. The van der Waals surface area contributed by atoms with E-state index in [1.54, 1.807) is 18.2 Å². The minimum atomic E-state index is -0.304. The van der Waals surface area contributed by atoms with E-state index < -0.39 is 0 Å². The van der Waals surface area contributed by atoms with Crippen molar-refractivity contribution in [3.8, 4) is 0 Å². The van der Waals surface area contributed by atoms with Gasteiger partial charge in [-0.3, -0.25) is 4.79 Å². The zero-order chi connectivity index (χ0) is 16.4. The van der Waals surface area contributed by atoms with Crippen molar-refractivity contribution in [2.75, 3.05) is 11.1 Å². The van der Waals surface area contributed by atoms with Gasteiger partial charge in [-0.15, -0.1) is 11.3 Å². The molecular weight excluding hydrogens is 353 g/mol. The van der Waals surface area contributed by atoms with Crippen LogP contribution in [0.5, 0.6) is 0 Å². The van der Waals surface area contributed by atoms with Crippen LogP contribution in [0.4, 0.5) is 11.4 Å². The molecule has 0 saturated carbocycles. The molecule has 0 saturated heterocycles. The molecule has 0 radical (unpaired) electrons. The number of carbonyl (C=O) groups excluding carboxylic acids is 1. The van der Waals surface area contributed by atoms with Crippen molar-refractivity contribution >= 4 is 68.1 Å². The number of para-hydroxylation sites is 1. The van der Waals surface area contributed by atoms with E-state index >= 15 is 0 Å². The Hall–Kier alpha value is -2.08. The molecule has 1 amide bonds. The van der Waals surface area contributed by atoms with Crippen molar-refractivity contribution in [1.29, 1.82) is 0 Å². The number of carbonyl (C=O) groups is 1. The van der Waals surface area contributed by atoms with Crippen LogP contribution in [0.3, 0.4) is 0 Å². The number of nitrogens with zero attached hydrogens (tertiary/aromatic N) is 1. The SMILES string of the molecule is Nc1c(Cl)cc(NC(=O)/C=C/c2nc3ccccc3s2)cc1Cl. The van der Waals surface area contributed by atoms with Crippen LogP contribution >= 0.6 is 34.5 Å². The quantitative estimate of drug-likeness (QED) is 0.516. The Bertz CT molecular complexity index is 865. The van der Waals surface area contributed by atoms with Crippen LogP contribution in [0, 0.1) is 0 Å². The molecule has 0 atom stereocenters. The third-order valence-electron chi connectivity index (χ3n) is 3.03. The lowest BCUT2D eigenvalue weighted by Gasteiger charge is -2.06. The molecule has 3 N–H and O–H groups in total. The van der Waals surface area contributed by atoms with Crippen molar-refractivity contribution in [1.82, 2.24) is 4.98 Å². The Morgan fingerprint density at radius 3 is 2.61 bits per heavy atom. The summed E-state index contributed by atoms with van der Waals surface area (Å²) < 4.78 is 1.07. The van der Waals surface area contributed by atoms with Gasteiger partial charge >= 0.3 is 0 Å². The lowest BCUT2D eigenvalue weighted by atomic mass is 10.2. The number of halogens is 2. The summed E-state index contributed by atoms with van der Waals surface area (Å²) in [4.78, 5) is 16.4. The summed E-state index contributed by atoms with van der Waals surface area (Å²) in [6.45, 7) is 0. The van der Waals surface area contributed by atoms with Gasteiger partial charge in [0.15, 0.2) is 0 Å². The fraction of sp³-hybridized carbons (Fsp3) is 0. The maximum absolute atomic E-state index is 12.0. The Kier molecular flexibility index (Phi) is 4.52. The summed E-state index contributed by atoms with van der Waals surface area (Å²) in [6.07, 6.45) is 3.08. The molecular formula is C16H11Cl2N3OS. The monoisotopic (exact) mass is 363 g/mol. The Morgan fingerprint density at radius 2 is 1.91 bits per heavy atom. The van der Waals surface area contributed by atoms with Gasteiger partial charge in [0.25, 0.3) is 0 Å². The van der Waals surface area contributed by atoms with Crippen LogP contribution < -0.4 is 11.1 Å². The van der Waals surface area contributed by atoms with Crippen LogP contribution in [0.15, 0.2) is 42.5 Å². The minimum Gasteiger partial charge on any atom is -0.396 e. The second-order valence-electron chi connectivity index (χ2n) is 4.70. The number of aromatic nitrogens is 1. The molecule has 0 bridgehead atoms. The average Bonchev–Trinajstić information content (AvgIpc) is 2.93. The molecule has 116 valence electrons. The molecule has 7 heteroatoms. The molecule has 1 aromatic heterocycles. The van der Waals surface area contributed by atoms with Gasteiger partial charge in [0.05, 0.1) is 25.9 Å². The predicted octanol–water partition coefficient (Wildman–Crippen LogP) is 4.84. The molecule has 3 rings (SSSR count). The maximum atomic E-state index is 12.0. The third-order valence-corrected chi connectivity index (χ3v) is 4.66. The van der Waals surface area contributed by atoms with Crippen molar-refractivity contribution in [2.45, 2.75) is 0 Å². The molecule has 0 fully saturated rings. The first-order chi connectivity index (χ1) is 11.0. The average molecular weight is 364 g/mol. The van der Waals surface area contributed by atoms with Gasteiger partial charge < -0.3 is 11.1 Å². The Balaban J connectivity index is 1.74. The zero-order valence-electron chi connectivity index (χ0n) is 11.7. The van der Waals surface area contributed by atoms with E-state index in [-0.39, 0.29) is 11.6 Å². The van der Waals surface area contributed by atoms with E-state index in [0.717, 1.165) is 15.2 Å². The van der Waals surface area contributed by atoms with E-state index in [1.807, 2.05) is 24.3 Å². The summed E-state index contributed by atoms with van der Waals surface area (Å²) in [5.41, 5.74) is 7.34. The molecule has 2 aromatic carbocycles. The maximum Gasteiger partial charge on any atom is 0.248 e. The van der Waals surface area contributed by atoms with E-state index in [4.69, 9.17) is 28.9 Å². The van der Waals surface area contributed by atoms with Gasteiger partial charge in [0.1, 0.15) is 5.01 Å². The Morgan fingerprint density at radius 1 is 1.22 bits per heavy atom. The van der Waals surface area contributed by atoms with E-state index in [2.05, 4.69) is 10.3 Å². The molecule has 0 aliphatic carbocycles. The molecule has 0 aliphatic heterocycles. The number of hydrogen-bond donors (Lipinski definition) is 2. The zero-order valence-corrected chi connectivity index (χ0v) is 14.0. The van der Waals surface area contributed by atoms with E-state index in [9.17, 15) is 4.79 Å². The van der Waals surface area contributed by atoms with Crippen LogP contribution in [0.25, 0.3) is 16.3 Å². The highest BCUT2D eigenvalue weighted by Crippen LogP contribution is 2.31. The molecule has 0 spiro atoms. The number of fused-ring (bicyclic) bond motifs is 1. The third kappa shape index (κ3) is 3.64. The van der Waals surface area contributed by atoms with E-state index in [0.29, 0.717) is 15.7 Å². The lowest BCUT2D eigenvalue weighted by Crippen LogP contribution is -2.08. The minimum absolute atomic E-state index is 0.288. The van der Waals surface area contributed by atoms with Gasteiger partial charge in [0, 0.05) is 11.8 Å². The van der Waals surface area contributed by atoms with Crippen LogP contribution in [0.2, 0.25) is 10.0 Å². The topological polar surface area (TPSA) is 68.0 Å². The predicted molar refractivity (Wildman–Crippen MR) is 98.2 cm³/mol. The van der Waals surface area contributed by atoms with Crippen molar-refractivity contribution < 1.29 is 4.79 Å². The van der Waals surface area contributed by atoms with Crippen molar-refractivity contribution in [3.63, 3.8) is 0 Å². The van der Waals surface area contributed by atoms with Crippen LogP contribution in [-0.2, 0) is 4.79 Å². The summed E-state index contributed by atoms with van der Waals surface area (Å²) in [5, 5.41) is 4.03. The first kappa shape index (κ1) is 15.8. The highest BCUT2D eigenvalue weighted by atomic mass is 35.5. The first-order valence-corrected chi connectivity index (χ1v) is 8.19. The summed E-state index contributed by atoms with van der Waals surface area (Å²) in [6, 6.07) is 10.9. The number of thiazole rings is 1. The second kappa shape index (κ2) is 6.58. The highest BCUT2D eigenvalue weighted by molar-refractivity contribution is 7.19. The fourth-order valence-corrected chi connectivity index (χ4v) is 3.31. The number of nitrogen functional groups attached to an aromatic ring is 1. The number of amides is 1. The number of hydrogen-bond acceptors (Lipinski definition) is 4. The van der Waals surface area contributed by atoms with Gasteiger partial charge in [-0.25, -0.2) is 4.98 Å². The summed E-state index contributed by atoms with van der Waals surface area (Å²) in [5.74, 6) is -0.304. The molecule has 4 nitrogen and oxygen atoms in total. The molecule has 23 heavy (non-hydrogen) atoms. The van der Waals surface area contributed by atoms with Gasteiger partial charge in [-0.05, 0) is 30.3 Å². The molecule has 3 aromatic rings. The van der Waals surface area contributed by atoms with Crippen molar-refractivity contribution in [3.05, 3.63) is 57.5 Å². The fourth-order valence-electron chi connectivity index (χ4n) is 1.95. The number of benzene rings is 2. The molecule has 1 heterocycles. The smallest absolute Gasteiger partial charge is 0.248 e.